The van der Waals surface area contributed by atoms with Crippen LogP contribution >= 0.6 is 22.9 Å². The molecule has 1 atom stereocenters. The van der Waals surface area contributed by atoms with Gasteiger partial charge in [-0.1, -0.05) is 6.07 Å². The zero-order chi connectivity index (χ0) is 12.5. The molecule has 3 nitrogen and oxygen atoms in total. The molecule has 5 heteroatoms. The van der Waals surface area contributed by atoms with Crippen LogP contribution in [0.1, 0.15) is 17.7 Å². The Balaban J connectivity index is 2.16. The van der Waals surface area contributed by atoms with E-state index in [4.69, 9.17) is 16.3 Å². The molecular weight excluding hydrogens is 258 g/mol. The molecule has 1 amide bonds. The lowest BCUT2D eigenvalue weighted by Crippen LogP contribution is -2.39. The molecule has 1 N–H and O–H groups in total. The number of nitrogens with one attached hydrogen (secondary N) is 1. The summed E-state index contributed by atoms with van der Waals surface area (Å²) in [4.78, 5) is 12.9. The standard InChI is InChI=1S/C12H18ClNO2S/c1-16-9-10(8-13)14-12(15)6-2-4-11-5-3-7-17-11/h3,5,7,10H,2,4,6,8-9H2,1H3,(H,14,15). The fourth-order valence-corrected chi connectivity index (χ4v) is 2.42. The molecule has 0 aliphatic carbocycles. The van der Waals surface area contributed by atoms with Gasteiger partial charge < -0.3 is 10.1 Å². The summed E-state index contributed by atoms with van der Waals surface area (Å²) in [6.07, 6.45) is 2.37. The minimum Gasteiger partial charge on any atom is -0.383 e. The number of carbonyl (C=O) groups excluding carboxylic acids is 1. The van der Waals surface area contributed by atoms with Gasteiger partial charge in [0.25, 0.3) is 0 Å². The topological polar surface area (TPSA) is 38.3 Å². The van der Waals surface area contributed by atoms with Gasteiger partial charge in [0.05, 0.1) is 12.6 Å². The Kier molecular flexibility index (Phi) is 7.24. The number of alkyl halides is 1. The molecule has 1 heterocycles. The maximum absolute atomic E-state index is 11.6. The molecule has 1 rings (SSSR count). The number of methoxy groups -OCH3 is 1. The van der Waals surface area contributed by atoms with E-state index in [1.165, 1.54) is 4.88 Å². The quantitative estimate of drug-likeness (QED) is 0.740. The van der Waals surface area contributed by atoms with E-state index in [0.29, 0.717) is 18.9 Å². The molecule has 1 aromatic rings. The Morgan fingerprint density at radius 2 is 2.47 bits per heavy atom. The van der Waals surface area contributed by atoms with E-state index in [9.17, 15) is 4.79 Å². The molecule has 0 saturated heterocycles. The van der Waals surface area contributed by atoms with Gasteiger partial charge in [-0.3, -0.25) is 4.79 Å². The summed E-state index contributed by atoms with van der Waals surface area (Å²) in [5, 5.41) is 4.91. The summed E-state index contributed by atoms with van der Waals surface area (Å²) < 4.78 is 4.96. The predicted molar refractivity (Wildman–Crippen MR) is 71.8 cm³/mol. The largest absolute Gasteiger partial charge is 0.383 e. The second kappa shape index (κ2) is 8.50. The van der Waals surface area contributed by atoms with E-state index >= 15 is 0 Å². The van der Waals surface area contributed by atoms with Crippen molar-refractivity contribution in [2.75, 3.05) is 19.6 Å². The summed E-state index contributed by atoms with van der Waals surface area (Å²) in [7, 11) is 1.60. The first-order chi connectivity index (χ1) is 8.26. The van der Waals surface area contributed by atoms with Crippen LogP contribution in [0.5, 0.6) is 0 Å². The fraction of sp³-hybridized carbons (Fsp3) is 0.583. The summed E-state index contributed by atoms with van der Waals surface area (Å²) >= 11 is 7.44. The van der Waals surface area contributed by atoms with Crippen molar-refractivity contribution >= 4 is 28.8 Å². The summed E-state index contributed by atoms with van der Waals surface area (Å²) in [6, 6.07) is 4.04. The lowest BCUT2D eigenvalue weighted by atomic mass is 10.2. The van der Waals surface area contributed by atoms with Gasteiger partial charge in [-0.25, -0.2) is 0 Å². The molecule has 17 heavy (non-hydrogen) atoms. The van der Waals surface area contributed by atoms with E-state index in [1.54, 1.807) is 18.4 Å². The molecule has 0 aromatic carbocycles. The van der Waals surface area contributed by atoms with Crippen LogP contribution in [-0.4, -0.2) is 31.5 Å². The highest BCUT2D eigenvalue weighted by molar-refractivity contribution is 7.09. The van der Waals surface area contributed by atoms with E-state index < -0.39 is 0 Å². The number of rotatable bonds is 8. The molecule has 0 aliphatic heterocycles. The van der Waals surface area contributed by atoms with E-state index in [2.05, 4.69) is 16.8 Å². The van der Waals surface area contributed by atoms with Crippen molar-refractivity contribution in [2.24, 2.45) is 0 Å². The number of hydrogen-bond acceptors (Lipinski definition) is 3. The summed E-state index contributed by atoms with van der Waals surface area (Å²) in [6.45, 7) is 0.458. The van der Waals surface area contributed by atoms with Crippen molar-refractivity contribution in [1.82, 2.24) is 5.32 Å². The van der Waals surface area contributed by atoms with Gasteiger partial charge in [-0.05, 0) is 24.3 Å². The molecular formula is C12H18ClNO2S. The van der Waals surface area contributed by atoms with Crippen LogP contribution in [0.4, 0.5) is 0 Å². The maximum atomic E-state index is 11.6. The molecule has 96 valence electrons. The van der Waals surface area contributed by atoms with Crippen LogP contribution in [0.3, 0.4) is 0 Å². The zero-order valence-electron chi connectivity index (χ0n) is 9.95. The Morgan fingerprint density at radius 3 is 3.06 bits per heavy atom. The average molecular weight is 276 g/mol. The molecule has 0 fully saturated rings. The second-order valence-corrected chi connectivity index (χ2v) is 5.15. The SMILES string of the molecule is COCC(CCl)NC(=O)CCCc1cccs1. The number of ether oxygens (including phenoxy) is 1. The van der Waals surface area contributed by atoms with Gasteiger partial charge in [-0.2, -0.15) is 0 Å². The third kappa shape index (κ3) is 6.05. The molecule has 1 unspecified atom stereocenters. The van der Waals surface area contributed by atoms with Crippen LogP contribution in [0.25, 0.3) is 0 Å². The van der Waals surface area contributed by atoms with Crippen LogP contribution < -0.4 is 5.32 Å². The third-order valence-corrected chi connectivity index (χ3v) is 3.64. The summed E-state index contributed by atoms with van der Waals surface area (Å²) in [5.41, 5.74) is 0. The molecule has 0 aliphatic rings. The minimum absolute atomic E-state index is 0.0456. The smallest absolute Gasteiger partial charge is 0.220 e. The minimum atomic E-state index is -0.0871. The fourth-order valence-electron chi connectivity index (χ4n) is 1.50. The van der Waals surface area contributed by atoms with Crippen molar-refractivity contribution < 1.29 is 9.53 Å². The average Bonchev–Trinajstić information content (AvgIpc) is 2.81. The zero-order valence-corrected chi connectivity index (χ0v) is 11.5. The Bertz CT molecular complexity index is 316. The number of thiophene rings is 1. The number of hydrogen-bond donors (Lipinski definition) is 1. The highest BCUT2D eigenvalue weighted by atomic mass is 35.5. The molecule has 0 bridgehead atoms. The van der Waals surface area contributed by atoms with E-state index in [-0.39, 0.29) is 11.9 Å². The number of aryl methyl sites for hydroxylation is 1. The molecule has 0 saturated carbocycles. The van der Waals surface area contributed by atoms with E-state index in [0.717, 1.165) is 12.8 Å². The first kappa shape index (κ1) is 14.5. The van der Waals surface area contributed by atoms with Crippen LogP contribution in [-0.2, 0) is 16.0 Å². The molecule has 0 radical (unpaired) electrons. The lowest BCUT2D eigenvalue weighted by Gasteiger charge is -2.14. The second-order valence-electron chi connectivity index (χ2n) is 3.81. The van der Waals surface area contributed by atoms with Crippen molar-refractivity contribution in [2.45, 2.75) is 25.3 Å². The van der Waals surface area contributed by atoms with Gasteiger partial charge in [0.2, 0.25) is 5.91 Å². The van der Waals surface area contributed by atoms with Gasteiger partial charge in [0, 0.05) is 24.3 Å². The molecule has 0 spiro atoms. The number of carbonyl (C=O) groups is 1. The number of amides is 1. The monoisotopic (exact) mass is 275 g/mol. The van der Waals surface area contributed by atoms with Gasteiger partial charge in [0.15, 0.2) is 0 Å². The number of halogens is 1. The Morgan fingerprint density at radius 1 is 1.65 bits per heavy atom. The van der Waals surface area contributed by atoms with E-state index in [1.807, 2.05) is 6.07 Å². The summed E-state index contributed by atoms with van der Waals surface area (Å²) in [5.74, 6) is 0.425. The van der Waals surface area contributed by atoms with Gasteiger partial charge in [0.1, 0.15) is 0 Å². The van der Waals surface area contributed by atoms with Crippen molar-refractivity contribution in [1.29, 1.82) is 0 Å². The molecule has 1 aromatic heterocycles. The van der Waals surface area contributed by atoms with Crippen LogP contribution in [0.15, 0.2) is 17.5 Å². The van der Waals surface area contributed by atoms with Crippen molar-refractivity contribution in [3.8, 4) is 0 Å². The Hall–Kier alpha value is -0.580. The van der Waals surface area contributed by atoms with Crippen molar-refractivity contribution in [3.05, 3.63) is 22.4 Å². The van der Waals surface area contributed by atoms with Crippen molar-refractivity contribution in [3.63, 3.8) is 0 Å². The predicted octanol–water partition coefficient (Wildman–Crippen LogP) is 2.44. The van der Waals surface area contributed by atoms with Gasteiger partial charge >= 0.3 is 0 Å². The van der Waals surface area contributed by atoms with Crippen LogP contribution in [0, 0.1) is 0 Å². The normalized spacial score (nSPS) is 12.4. The maximum Gasteiger partial charge on any atom is 0.220 e. The first-order valence-electron chi connectivity index (χ1n) is 5.63. The third-order valence-electron chi connectivity index (χ3n) is 2.33. The van der Waals surface area contributed by atoms with Crippen LogP contribution in [0.2, 0.25) is 0 Å². The highest BCUT2D eigenvalue weighted by Gasteiger charge is 2.10. The highest BCUT2D eigenvalue weighted by Crippen LogP contribution is 2.11. The van der Waals surface area contributed by atoms with Gasteiger partial charge in [-0.15, -0.1) is 22.9 Å². The lowest BCUT2D eigenvalue weighted by molar-refractivity contribution is -0.122. The Labute approximate surface area is 111 Å². The first-order valence-corrected chi connectivity index (χ1v) is 7.04.